The molecule has 4 nitrogen and oxygen atoms in total. The number of para-hydroxylation sites is 1. The maximum Gasteiger partial charge on any atom is 0.146 e. The van der Waals surface area contributed by atoms with Gasteiger partial charge in [-0.25, -0.2) is 14.4 Å². The van der Waals surface area contributed by atoms with E-state index in [1.165, 1.54) is 6.07 Å². The molecule has 1 heterocycles. The van der Waals surface area contributed by atoms with Crippen LogP contribution in [0.5, 0.6) is 0 Å². The number of nitrogens with one attached hydrogen (secondary N) is 1. The van der Waals surface area contributed by atoms with E-state index in [0.717, 1.165) is 12.4 Å². The Hall–Kier alpha value is -2.17. The summed E-state index contributed by atoms with van der Waals surface area (Å²) in [5.41, 5.74) is 0.489. The second-order valence-electron chi connectivity index (χ2n) is 4.20. The normalized spacial score (nSPS) is 10.3. The first kappa shape index (κ1) is 13.3. The molecule has 2 aromatic rings. The van der Waals surface area contributed by atoms with Crippen LogP contribution in [-0.4, -0.2) is 23.6 Å². The second kappa shape index (κ2) is 5.65. The Morgan fingerprint density at radius 2 is 2.00 bits per heavy atom. The van der Waals surface area contributed by atoms with Crippen molar-refractivity contribution in [1.82, 2.24) is 9.97 Å². The highest BCUT2D eigenvalue weighted by Gasteiger charge is 2.11. The van der Waals surface area contributed by atoms with E-state index < -0.39 is 0 Å². The molecular weight excluding hydrogens is 243 g/mol. The largest absolute Gasteiger partial charge is 0.370 e. The van der Waals surface area contributed by atoms with Crippen molar-refractivity contribution in [2.24, 2.45) is 0 Å². The van der Waals surface area contributed by atoms with Crippen LogP contribution in [0.25, 0.3) is 0 Å². The first-order valence-corrected chi connectivity index (χ1v) is 6.19. The smallest absolute Gasteiger partial charge is 0.146 e. The fraction of sp³-hybridized carbons (Fsp3) is 0.286. The molecule has 0 aliphatic heterocycles. The highest BCUT2D eigenvalue weighted by Crippen LogP contribution is 2.25. The number of nitrogens with zero attached hydrogens (tertiary/aromatic N) is 3. The van der Waals surface area contributed by atoms with Crippen LogP contribution in [0.3, 0.4) is 0 Å². The van der Waals surface area contributed by atoms with Crippen molar-refractivity contribution in [1.29, 1.82) is 0 Å². The molecule has 0 spiro atoms. The van der Waals surface area contributed by atoms with Gasteiger partial charge in [0.25, 0.3) is 0 Å². The number of hydrogen-bond acceptors (Lipinski definition) is 4. The van der Waals surface area contributed by atoms with Gasteiger partial charge >= 0.3 is 0 Å². The monoisotopic (exact) mass is 260 g/mol. The minimum absolute atomic E-state index is 0.272. The summed E-state index contributed by atoms with van der Waals surface area (Å²) in [5, 5.41) is 3.14. The third-order valence-corrected chi connectivity index (χ3v) is 2.74. The Bertz CT molecular complexity index is 571. The van der Waals surface area contributed by atoms with E-state index in [1.54, 1.807) is 30.1 Å². The molecule has 0 aliphatic carbocycles. The molecule has 0 atom stereocenters. The van der Waals surface area contributed by atoms with Crippen molar-refractivity contribution in [3.8, 4) is 0 Å². The maximum absolute atomic E-state index is 13.8. The lowest BCUT2D eigenvalue weighted by molar-refractivity contribution is 0.627. The number of hydrogen-bond donors (Lipinski definition) is 1. The molecule has 0 saturated carbocycles. The molecule has 0 radical (unpaired) electrons. The van der Waals surface area contributed by atoms with E-state index in [1.807, 2.05) is 19.9 Å². The van der Waals surface area contributed by atoms with Gasteiger partial charge in [-0.2, -0.15) is 0 Å². The quantitative estimate of drug-likeness (QED) is 0.917. The summed E-state index contributed by atoms with van der Waals surface area (Å²) >= 11 is 0. The summed E-state index contributed by atoms with van der Waals surface area (Å²) in [7, 11) is 1.79. The number of rotatable bonds is 4. The minimum atomic E-state index is -0.272. The molecule has 5 heteroatoms. The fourth-order valence-corrected chi connectivity index (χ4v) is 1.84. The molecule has 0 unspecified atom stereocenters. The van der Waals surface area contributed by atoms with Crippen LogP contribution in [0.2, 0.25) is 0 Å². The van der Waals surface area contributed by atoms with E-state index in [4.69, 9.17) is 0 Å². The lowest BCUT2D eigenvalue weighted by Crippen LogP contribution is -2.14. The predicted molar refractivity (Wildman–Crippen MR) is 75.4 cm³/mol. The summed E-state index contributed by atoms with van der Waals surface area (Å²) in [5.74, 6) is 1.78. The summed E-state index contributed by atoms with van der Waals surface area (Å²) in [6.07, 6.45) is 0. The van der Waals surface area contributed by atoms with Gasteiger partial charge in [-0.05, 0) is 26.0 Å². The van der Waals surface area contributed by atoms with Gasteiger partial charge in [-0.3, -0.25) is 0 Å². The van der Waals surface area contributed by atoms with Crippen molar-refractivity contribution in [2.75, 3.05) is 23.8 Å². The van der Waals surface area contributed by atoms with Crippen LogP contribution in [0.4, 0.5) is 21.7 Å². The van der Waals surface area contributed by atoms with Gasteiger partial charge in [0.1, 0.15) is 23.3 Å². The minimum Gasteiger partial charge on any atom is -0.370 e. The highest BCUT2D eigenvalue weighted by molar-refractivity contribution is 5.62. The van der Waals surface area contributed by atoms with Gasteiger partial charge in [-0.1, -0.05) is 12.1 Å². The first-order valence-electron chi connectivity index (χ1n) is 6.19. The van der Waals surface area contributed by atoms with E-state index in [2.05, 4.69) is 15.3 Å². The van der Waals surface area contributed by atoms with E-state index in [0.29, 0.717) is 17.3 Å². The number of anilines is 3. The summed E-state index contributed by atoms with van der Waals surface area (Å²) in [4.78, 5) is 10.3. The van der Waals surface area contributed by atoms with Gasteiger partial charge in [-0.15, -0.1) is 0 Å². The van der Waals surface area contributed by atoms with Gasteiger partial charge in [0.05, 0.1) is 5.69 Å². The molecule has 0 amide bonds. The van der Waals surface area contributed by atoms with E-state index in [-0.39, 0.29) is 5.82 Å². The van der Waals surface area contributed by atoms with Crippen LogP contribution in [0.1, 0.15) is 12.7 Å². The molecule has 1 aromatic carbocycles. The molecule has 0 fully saturated rings. The van der Waals surface area contributed by atoms with E-state index in [9.17, 15) is 4.39 Å². The zero-order valence-corrected chi connectivity index (χ0v) is 11.3. The van der Waals surface area contributed by atoms with Gasteiger partial charge in [0, 0.05) is 19.7 Å². The Morgan fingerprint density at radius 1 is 1.26 bits per heavy atom. The number of benzene rings is 1. The van der Waals surface area contributed by atoms with Gasteiger partial charge < -0.3 is 10.2 Å². The SMILES string of the molecule is CCNc1cc(N(C)c2ccccc2F)nc(C)n1. The summed E-state index contributed by atoms with van der Waals surface area (Å²) < 4.78 is 13.8. The van der Waals surface area contributed by atoms with Crippen LogP contribution >= 0.6 is 0 Å². The number of aromatic nitrogens is 2. The van der Waals surface area contributed by atoms with Crippen molar-refractivity contribution in [3.05, 3.63) is 42.0 Å². The van der Waals surface area contributed by atoms with Crippen LogP contribution < -0.4 is 10.2 Å². The molecule has 100 valence electrons. The van der Waals surface area contributed by atoms with Crippen LogP contribution in [0.15, 0.2) is 30.3 Å². The highest BCUT2D eigenvalue weighted by atomic mass is 19.1. The third-order valence-electron chi connectivity index (χ3n) is 2.74. The average molecular weight is 260 g/mol. The zero-order valence-electron chi connectivity index (χ0n) is 11.3. The zero-order chi connectivity index (χ0) is 13.8. The van der Waals surface area contributed by atoms with Crippen molar-refractivity contribution in [3.63, 3.8) is 0 Å². The van der Waals surface area contributed by atoms with Crippen LogP contribution in [0, 0.1) is 12.7 Å². The number of aryl methyl sites for hydroxylation is 1. The molecule has 0 aliphatic rings. The topological polar surface area (TPSA) is 41.0 Å². The molecule has 19 heavy (non-hydrogen) atoms. The maximum atomic E-state index is 13.8. The fourth-order valence-electron chi connectivity index (χ4n) is 1.84. The lowest BCUT2D eigenvalue weighted by Gasteiger charge is -2.20. The number of halogens is 1. The second-order valence-corrected chi connectivity index (χ2v) is 4.20. The Labute approximate surface area is 112 Å². The molecular formula is C14H17FN4. The molecule has 1 N–H and O–H groups in total. The van der Waals surface area contributed by atoms with Crippen LogP contribution in [-0.2, 0) is 0 Å². The molecule has 0 bridgehead atoms. The van der Waals surface area contributed by atoms with E-state index >= 15 is 0 Å². The lowest BCUT2D eigenvalue weighted by atomic mass is 10.3. The molecule has 1 aromatic heterocycles. The molecule has 0 saturated heterocycles. The predicted octanol–water partition coefficient (Wildman–Crippen LogP) is 3.12. The Morgan fingerprint density at radius 3 is 2.68 bits per heavy atom. The van der Waals surface area contributed by atoms with Gasteiger partial charge in [0.2, 0.25) is 0 Å². The summed E-state index contributed by atoms with van der Waals surface area (Å²) in [6, 6.07) is 8.43. The molecule has 2 rings (SSSR count). The van der Waals surface area contributed by atoms with Crippen molar-refractivity contribution < 1.29 is 4.39 Å². The average Bonchev–Trinajstić information content (AvgIpc) is 2.38. The Balaban J connectivity index is 2.38. The Kier molecular flexibility index (Phi) is 3.94. The van der Waals surface area contributed by atoms with Crippen molar-refractivity contribution in [2.45, 2.75) is 13.8 Å². The van der Waals surface area contributed by atoms with Crippen molar-refractivity contribution >= 4 is 17.3 Å². The van der Waals surface area contributed by atoms with Gasteiger partial charge in [0.15, 0.2) is 0 Å². The summed E-state index contributed by atoms with van der Waals surface area (Å²) in [6.45, 7) is 4.59. The third kappa shape index (κ3) is 2.99. The standard InChI is InChI=1S/C14H17FN4/c1-4-16-13-9-14(18-10(2)17-13)19(3)12-8-6-5-7-11(12)15/h5-9H,4H2,1-3H3,(H,16,17,18). The first-order chi connectivity index (χ1) is 9.11.